The lowest BCUT2D eigenvalue weighted by atomic mass is 9.96. The van der Waals surface area contributed by atoms with Crippen LogP contribution in [0.2, 0.25) is 0 Å². The lowest BCUT2D eigenvalue weighted by Gasteiger charge is -2.36. The van der Waals surface area contributed by atoms with Crippen LogP contribution in [0.15, 0.2) is 59.4 Å². The number of rotatable bonds is 4. The summed E-state index contributed by atoms with van der Waals surface area (Å²) in [5.41, 5.74) is 3.00. The second-order valence-corrected chi connectivity index (χ2v) is 11.3. The minimum Gasteiger partial charge on any atom is -0.353 e. The molecule has 2 aromatic carbocycles. The van der Waals surface area contributed by atoms with Crippen molar-refractivity contribution < 1.29 is 4.79 Å². The number of nitrogens with zero attached hydrogens (tertiary/aromatic N) is 6. The molecule has 0 atom stereocenters. The summed E-state index contributed by atoms with van der Waals surface area (Å²) < 4.78 is 0. The molecule has 0 aromatic heterocycles. The highest BCUT2D eigenvalue weighted by Gasteiger charge is 2.29. The largest absolute Gasteiger partial charge is 0.353 e. The van der Waals surface area contributed by atoms with Crippen molar-refractivity contribution in [3.05, 3.63) is 76.1 Å². The molecule has 8 heteroatoms. The minimum absolute atomic E-state index is 0.00991. The highest BCUT2D eigenvalue weighted by Crippen LogP contribution is 2.23. The first kappa shape index (κ1) is 25.0. The smallest absolute Gasteiger partial charge is 0.259 e. The van der Waals surface area contributed by atoms with Crippen LogP contribution in [0.1, 0.15) is 36.7 Å². The van der Waals surface area contributed by atoms with Gasteiger partial charge in [0.05, 0.1) is 22.9 Å². The van der Waals surface area contributed by atoms with E-state index >= 15 is 0 Å². The van der Waals surface area contributed by atoms with E-state index in [4.69, 9.17) is 0 Å². The van der Waals surface area contributed by atoms with Crippen molar-refractivity contribution in [2.45, 2.75) is 27.3 Å². The van der Waals surface area contributed by atoms with Gasteiger partial charge in [0, 0.05) is 51.0 Å². The van der Waals surface area contributed by atoms with Crippen LogP contribution >= 0.6 is 0 Å². The Labute approximate surface area is 218 Å². The summed E-state index contributed by atoms with van der Waals surface area (Å²) >= 11 is 0. The molecule has 8 nitrogen and oxygen atoms in total. The van der Waals surface area contributed by atoms with Gasteiger partial charge in [-0.15, -0.1) is 0 Å². The number of piperazine rings is 1. The number of likely N-dealkylation sites (N-methyl/N-ethyl adjacent to an activating group) is 1. The van der Waals surface area contributed by atoms with Crippen LogP contribution in [-0.4, -0.2) is 67.0 Å². The van der Waals surface area contributed by atoms with Crippen LogP contribution in [0.3, 0.4) is 0 Å². The quantitative estimate of drug-likeness (QED) is 0.697. The fourth-order valence-electron chi connectivity index (χ4n) is 5.08. The van der Waals surface area contributed by atoms with Crippen LogP contribution in [0.25, 0.3) is 5.82 Å². The molecule has 1 fully saturated rings. The zero-order valence-corrected chi connectivity index (χ0v) is 22.2. The third-order valence-electron chi connectivity index (χ3n) is 6.97. The number of amides is 1. The number of carbonyl (C=O) groups excluding carboxylic acids is 1. The normalized spacial score (nSPS) is 18.2. The van der Waals surface area contributed by atoms with Crippen LogP contribution in [0, 0.1) is 16.7 Å². The number of hydrogen-bond donors (Lipinski definition) is 1. The average molecular weight is 498 g/mol. The second kappa shape index (κ2) is 10.0. The Morgan fingerprint density at radius 1 is 1.08 bits per heavy atom. The first-order chi connectivity index (χ1) is 17.7. The lowest BCUT2D eigenvalue weighted by molar-refractivity contribution is 0.0984. The topological polar surface area (TPSA) is 78.2 Å². The lowest BCUT2D eigenvalue weighted by Crippen LogP contribution is -2.53. The summed E-state index contributed by atoms with van der Waals surface area (Å²) in [6.45, 7) is 12.7. The van der Waals surface area contributed by atoms with Crippen molar-refractivity contribution >= 4 is 17.4 Å². The molecule has 1 amide bonds. The van der Waals surface area contributed by atoms with Crippen LogP contribution in [0.4, 0.5) is 5.69 Å². The van der Waals surface area contributed by atoms with E-state index in [0.29, 0.717) is 29.8 Å². The van der Waals surface area contributed by atoms with Crippen molar-refractivity contribution in [3.8, 4) is 6.07 Å². The van der Waals surface area contributed by atoms with Gasteiger partial charge in [0.15, 0.2) is 5.70 Å². The molecule has 0 radical (unpaired) electrons. The summed E-state index contributed by atoms with van der Waals surface area (Å²) in [7, 11) is 2.16. The van der Waals surface area contributed by atoms with Gasteiger partial charge in [0.2, 0.25) is 0 Å². The van der Waals surface area contributed by atoms with E-state index in [1.165, 1.54) is 5.56 Å². The zero-order chi connectivity index (χ0) is 26.2. The Morgan fingerprint density at radius 2 is 1.81 bits per heavy atom. The van der Waals surface area contributed by atoms with Crippen molar-refractivity contribution in [2.24, 2.45) is 10.4 Å². The summed E-state index contributed by atoms with van der Waals surface area (Å²) in [6, 6.07) is 16.0. The molecule has 0 bridgehead atoms. The molecule has 0 spiro atoms. The number of allylic oxidation sites excluding steroid dienone is 1. The van der Waals surface area contributed by atoms with Gasteiger partial charge in [-0.05, 0) is 42.3 Å². The third kappa shape index (κ3) is 5.38. The van der Waals surface area contributed by atoms with Crippen LogP contribution < -0.4 is 20.8 Å². The molecule has 1 saturated heterocycles. The van der Waals surface area contributed by atoms with Gasteiger partial charge in [-0.3, -0.25) is 14.6 Å². The van der Waals surface area contributed by atoms with Gasteiger partial charge in [0.1, 0.15) is 11.9 Å². The Balaban J connectivity index is 1.45. The Morgan fingerprint density at radius 3 is 2.49 bits per heavy atom. The number of hydrogen-bond acceptors (Lipinski definition) is 7. The van der Waals surface area contributed by atoms with Gasteiger partial charge in [-0.25, -0.2) is 4.99 Å². The standard InChI is InChI=1S/C29H35N7O/c1-29(2,3)19-35-18-23(16-30)32-24-6-5-7-25-26(24)27(35)31-20-36(25)28(37)22-10-8-21(9-11-22)17-34-14-12-33(4)13-15-34/h5-11,18,31H,12-15,17,19-20H2,1-4H3. The van der Waals surface area contributed by atoms with Crippen molar-refractivity contribution in [1.82, 2.24) is 20.0 Å². The molecule has 37 heavy (non-hydrogen) atoms. The highest BCUT2D eigenvalue weighted by atomic mass is 16.2. The minimum atomic E-state index is -0.0637. The van der Waals surface area contributed by atoms with E-state index in [-0.39, 0.29) is 11.3 Å². The molecule has 0 saturated carbocycles. The number of carbonyl (C=O) groups is 1. The van der Waals surface area contributed by atoms with E-state index < -0.39 is 0 Å². The Kier molecular flexibility index (Phi) is 6.76. The molecule has 0 unspecified atom stereocenters. The van der Waals surface area contributed by atoms with Gasteiger partial charge in [-0.2, -0.15) is 5.26 Å². The van der Waals surface area contributed by atoms with Crippen LogP contribution in [-0.2, 0) is 6.54 Å². The summed E-state index contributed by atoms with van der Waals surface area (Å²) in [6.07, 6.45) is 1.80. The van der Waals surface area contributed by atoms with Crippen molar-refractivity contribution in [1.29, 1.82) is 5.26 Å². The van der Waals surface area contributed by atoms with Gasteiger partial charge >= 0.3 is 0 Å². The third-order valence-corrected chi connectivity index (χ3v) is 6.97. The molecule has 2 aromatic rings. The van der Waals surface area contributed by atoms with E-state index in [2.05, 4.69) is 71.0 Å². The summed E-state index contributed by atoms with van der Waals surface area (Å²) in [5, 5.41) is 14.7. The number of nitrogens with one attached hydrogen (secondary N) is 1. The number of benzene rings is 2. The number of anilines is 1. The second-order valence-electron chi connectivity index (χ2n) is 11.3. The molecular weight excluding hydrogens is 462 g/mol. The molecule has 0 aliphatic carbocycles. The van der Waals surface area contributed by atoms with Gasteiger partial charge < -0.3 is 15.1 Å². The fraction of sp³-hybridized carbons (Fsp3) is 0.414. The first-order valence-corrected chi connectivity index (χ1v) is 12.9. The Hall–Kier alpha value is -3.67. The van der Waals surface area contributed by atoms with E-state index in [1.54, 1.807) is 11.1 Å². The van der Waals surface area contributed by atoms with E-state index in [1.807, 2.05) is 30.3 Å². The van der Waals surface area contributed by atoms with Gasteiger partial charge in [0.25, 0.3) is 5.91 Å². The van der Waals surface area contributed by atoms with E-state index in [9.17, 15) is 10.1 Å². The summed E-state index contributed by atoms with van der Waals surface area (Å²) in [4.78, 5) is 26.9. The highest BCUT2D eigenvalue weighted by molar-refractivity contribution is 6.06. The zero-order valence-electron chi connectivity index (χ0n) is 22.2. The molecule has 192 valence electrons. The van der Waals surface area contributed by atoms with E-state index in [0.717, 1.165) is 49.5 Å². The van der Waals surface area contributed by atoms with Crippen LogP contribution in [0.5, 0.6) is 0 Å². The van der Waals surface area contributed by atoms with Crippen molar-refractivity contribution in [3.63, 3.8) is 0 Å². The molecular formula is C29H35N7O. The predicted molar refractivity (Wildman–Crippen MR) is 145 cm³/mol. The maximum atomic E-state index is 13.7. The summed E-state index contributed by atoms with van der Waals surface area (Å²) in [5.74, 6) is 0.812. The maximum Gasteiger partial charge on any atom is 0.259 e. The molecule has 3 aliphatic rings. The molecule has 3 heterocycles. The first-order valence-electron chi connectivity index (χ1n) is 12.9. The average Bonchev–Trinajstić information content (AvgIpc) is 3.02. The number of nitriles is 1. The molecule has 5 rings (SSSR count). The monoisotopic (exact) mass is 497 g/mol. The molecule has 3 aliphatic heterocycles. The van der Waals surface area contributed by atoms with Gasteiger partial charge in [-0.1, -0.05) is 39.0 Å². The predicted octanol–water partition coefficient (Wildman–Crippen LogP) is 2.05. The van der Waals surface area contributed by atoms with Crippen molar-refractivity contribution in [2.75, 3.05) is 51.3 Å². The fourth-order valence-corrected chi connectivity index (χ4v) is 5.08. The SMILES string of the molecule is CN1CCN(Cc2ccc(C(=O)N3CNC4=c5c3cccc5=NC(C#N)=CN4CC(C)(C)C)cc2)CC1. The molecule has 1 N–H and O–H groups in total. The maximum absolute atomic E-state index is 13.7. The Bertz CT molecular complexity index is 1370.